The molecule has 0 spiro atoms. The molecule has 0 unspecified atom stereocenters. The Morgan fingerprint density at radius 3 is 2.55 bits per heavy atom. The molecule has 2 fully saturated rings. The van der Waals surface area contributed by atoms with Crippen LogP contribution < -0.4 is 0 Å². The van der Waals surface area contributed by atoms with Crippen molar-refractivity contribution in [3.8, 4) is 0 Å². The molecule has 0 bridgehead atoms. The summed E-state index contributed by atoms with van der Waals surface area (Å²) < 4.78 is 0.916. The van der Waals surface area contributed by atoms with Crippen LogP contribution in [0.3, 0.4) is 0 Å². The van der Waals surface area contributed by atoms with Crippen molar-refractivity contribution in [1.82, 2.24) is 9.88 Å². The second-order valence-corrected chi connectivity index (χ2v) is 6.97. The number of amides is 1. The second-order valence-electron chi connectivity index (χ2n) is 6.05. The Kier molecular flexibility index (Phi) is 4.39. The topological polar surface area (TPSA) is 33.2 Å². The molecule has 2 aliphatic rings. The molecule has 0 radical (unpaired) electrons. The van der Waals surface area contributed by atoms with Gasteiger partial charge in [-0.2, -0.15) is 0 Å². The molecule has 0 atom stereocenters. The quantitative estimate of drug-likeness (QED) is 0.831. The minimum Gasteiger partial charge on any atom is -0.334 e. The standard InChI is InChI=1S/C16H21BrN2O/c17-13-6-9-15(18-10-13)16(20)19(14-7-8-14)11-12-4-2-1-3-5-12/h6,9-10,12,14H,1-5,7-8,11H2. The molecule has 1 aromatic heterocycles. The summed E-state index contributed by atoms with van der Waals surface area (Å²) in [5.74, 6) is 0.814. The molecule has 0 aromatic carbocycles. The molecule has 2 aliphatic carbocycles. The Bertz CT molecular complexity index is 464. The molecule has 3 rings (SSSR count). The van der Waals surface area contributed by atoms with E-state index in [4.69, 9.17) is 0 Å². The highest BCUT2D eigenvalue weighted by molar-refractivity contribution is 9.10. The summed E-state index contributed by atoms with van der Waals surface area (Å²) in [6.07, 6.45) is 10.6. The van der Waals surface area contributed by atoms with Gasteiger partial charge in [0.25, 0.3) is 5.91 Å². The molecule has 0 N–H and O–H groups in total. The Morgan fingerprint density at radius 1 is 1.20 bits per heavy atom. The van der Waals surface area contributed by atoms with E-state index in [1.54, 1.807) is 6.20 Å². The number of carbonyl (C=O) groups excluding carboxylic acids is 1. The monoisotopic (exact) mass is 336 g/mol. The average molecular weight is 337 g/mol. The van der Waals surface area contributed by atoms with E-state index in [1.807, 2.05) is 12.1 Å². The summed E-state index contributed by atoms with van der Waals surface area (Å²) in [6, 6.07) is 4.18. The predicted octanol–water partition coefficient (Wildman–Crippen LogP) is 4.03. The first-order valence-corrected chi connectivity index (χ1v) is 8.46. The third-order valence-corrected chi connectivity index (χ3v) is 4.84. The van der Waals surface area contributed by atoms with Crippen molar-refractivity contribution in [2.24, 2.45) is 5.92 Å². The van der Waals surface area contributed by atoms with E-state index in [-0.39, 0.29) is 5.91 Å². The van der Waals surface area contributed by atoms with Gasteiger partial charge in [0.15, 0.2) is 0 Å². The summed E-state index contributed by atoms with van der Waals surface area (Å²) in [5.41, 5.74) is 0.580. The van der Waals surface area contributed by atoms with Gasteiger partial charge in [0.1, 0.15) is 5.69 Å². The smallest absolute Gasteiger partial charge is 0.272 e. The van der Waals surface area contributed by atoms with E-state index in [2.05, 4.69) is 25.8 Å². The number of halogens is 1. The Balaban J connectivity index is 1.69. The Morgan fingerprint density at radius 2 is 1.95 bits per heavy atom. The van der Waals surface area contributed by atoms with Crippen molar-refractivity contribution in [2.45, 2.75) is 51.0 Å². The number of rotatable bonds is 4. The molecule has 2 saturated carbocycles. The van der Waals surface area contributed by atoms with Crippen LogP contribution in [0.4, 0.5) is 0 Å². The lowest BCUT2D eigenvalue weighted by Gasteiger charge is -2.29. The van der Waals surface area contributed by atoms with Crippen LogP contribution in [0.1, 0.15) is 55.4 Å². The van der Waals surface area contributed by atoms with Gasteiger partial charge >= 0.3 is 0 Å². The minimum absolute atomic E-state index is 0.116. The molecule has 1 amide bonds. The normalized spacial score (nSPS) is 19.9. The van der Waals surface area contributed by atoms with Crippen molar-refractivity contribution in [1.29, 1.82) is 0 Å². The zero-order valence-electron chi connectivity index (χ0n) is 11.7. The van der Waals surface area contributed by atoms with Crippen molar-refractivity contribution < 1.29 is 4.79 Å². The largest absolute Gasteiger partial charge is 0.334 e. The summed E-state index contributed by atoms with van der Waals surface area (Å²) in [5, 5.41) is 0. The van der Waals surface area contributed by atoms with E-state index >= 15 is 0 Å². The lowest BCUT2D eigenvalue weighted by atomic mass is 9.89. The zero-order valence-corrected chi connectivity index (χ0v) is 13.3. The van der Waals surface area contributed by atoms with Crippen LogP contribution in [-0.2, 0) is 0 Å². The highest BCUT2D eigenvalue weighted by Gasteiger charge is 2.35. The van der Waals surface area contributed by atoms with Gasteiger partial charge in [-0.05, 0) is 59.7 Å². The molecule has 3 nitrogen and oxygen atoms in total. The second kappa shape index (κ2) is 6.25. The lowest BCUT2D eigenvalue weighted by molar-refractivity contribution is 0.0693. The van der Waals surface area contributed by atoms with Crippen LogP contribution in [0.15, 0.2) is 22.8 Å². The van der Waals surface area contributed by atoms with Crippen LogP contribution in [0.2, 0.25) is 0 Å². The van der Waals surface area contributed by atoms with Crippen LogP contribution in [0.25, 0.3) is 0 Å². The molecule has 20 heavy (non-hydrogen) atoms. The molecule has 108 valence electrons. The van der Waals surface area contributed by atoms with Gasteiger partial charge in [0, 0.05) is 23.3 Å². The summed E-state index contributed by atoms with van der Waals surface area (Å²) in [7, 11) is 0. The van der Waals surface area contributed by atoms with Gasteiger partial charge in [-0.1, -0.05) is 19.3 Å². The fourth-order valence-corrected chi connectivity index (χ4v) is 3.32. The molecule has 1 aromatic rings. The fourth-order valence-electron chi connectivity index (χ4n) is 3.08. The Labute approximate surface area is 128 Å². The maximum atomic E-state index is 12.7. The van der Waals surface area contributed by atoms with E-state index in [9.17, 15) is 4.79 Å². The maximum Gasteiger partial charge on any atom is 0.272 e. The van der Waals surface area contributed by atoms with Gasteiger partial charge in [-0.15, -0.1) is 0 Å². The molecule has 0 saturated heterocycles. The summed E-state index contributed by atoms with van der Waals surface area (Å²) >= 11 is 3.37. The van der Waals surface area contributed by atoms with E-state index in [0.717, 1.165) is 23.9 Å². The van der Waals surface area contributed by atoms with Crippen molar-refractivity contribution >= 4 is 21.8 Å². The zero-order chi connectivity index (χ0) is 13.9. The fraction of sp³-hybridized carbons (Fsp3) is 0.625. The Hall–Kier alpha value is -0.900. The van der Waals surface area contributed by atoms with Gasteiger partial charge in [0.05, 0.1) is 0 Å². The third kappa shape index (κ3) is 3.40. The SMILES string of the molecule is O=C(c1ccc(Br)cn1)N(CC1CCCCC1)C1CC1. The van der Waals surface area contributed by atoms with E-state index < -0.39 is 0 Å². The molecular weight excluding hydrogens is 316 g/mol. The number of pyridine rings is 1. The highest BCUT2D eigenvalue weighted by Crippen LogP contribution is 2.32. The van der Waals surface area contributed by atoms with Gasteiger partial charge in [0.2, 0.25) is 0 Å². The lowest BCUT2D eigenvalue weighted by Crippen LogP contribution is -2.38. The first-order valence-electron chi connectivity index (χ1n) is 7.66. The number of aromatic nitrogens is 1. The highest BCUT2D eigenvalue weighted by atomic mass is 79.9. The molecule has 4 heteroatoms. The molecular formula is C16H21BrN2O. The maximum absolute atomic E-state index is 12.7. The third-order valence-electron chi connectivity index (χ3n) is 4.37. The number of hydrogen-bond donors (Lipinski definition) is 0. The van der Waals surface area contributed by atoms with Crippen LogP contribution in [0, 0.1) is 5.92 Å². The van der Waals surface area contributed by atoms with Crippen molar-refractivity contribution in [3.63, 3.8) is 0 Å². The van der Waals surface area contributed by atoms with Crippen LogP contribution in [-0.4, -0.2) is 28.4 Å². The van der Waals surface area contributed by atoms with E-state index in [1.165, 1.54) is 32.1 Å². The predicted molar refractivity (Wildman–Crippen MR) is 82.6 cm³/mol. The van der Waals surface area contributed by atoms with Crippen LogP contribution in [0.5, 0.6) is 0 Å². The number of carbonyl (C=O) groups is 1. The summed E-state index contributed by atoms with van der Waals surface area (Å²) in [4.78, 5) is 19.0. The first kappa shape index (κ1) is 14.1. The molecule has 0 aliphatic heterocycles. The minimum atomic E-state index is 0.116. The van der Waals surface area contributed by atoms with Gasteiger partial charge in [-0.25, -0.2) is 4.98 Å². The molecule has 1 heterocycles. The summed E-state index contributed by atoms with van der Waals surface area (Å²) in [6.45, 7) is 0.932. The van der Waals surface area contributed by atoms with E-state index in [0.29, 0.717) is 17.7 Å². The van der Waals surface area contributed by atoms with Crippen LogP contribution >= 0.6 is 15.9 Å². The number of nitrogens with zero attached hydrogens (tertiary/aromatic N) is 2. The first-order chi connectivity index (χ1) is 9.74. The van der Waals surface area contributed by atoms with Crippen molar-refractivity contribution in [2.75, 3.05) is 6.54 Å². The van der Waals surface area contributed by atoms with Gasteiger partial charge in [-0.3, -0.25) is 4.79 Å². The average Bonchev–Trinajstić information content (AvgIpc) is 3.30. The number of hydrogen-bond acceptors (Lipinski definition) is 2. The van der Waals surface area contributed by atoms with Gasteiger partial charge < -0.3 is 4.90 Å². The van der Waals surface area contributed by atoms with Crippen molar-refractivity contribution in [3.05, 3.63) is 28.5 Å².